The molecule has 0 aromatic carbocycles. The average Bonchev–Trinajstić information content (AvgIpc) is 2.24. The quantitative estimate of drug-likeness (QED) is 0.667. The first-order valence-electron chi connectivity index (χ1n) is 7.05. The van der Waals surface area contributed by atoms with Crippen LogP contribution in [0, 0.1) is 11.3 Å². The molecule has 0 spiro atoms. The van der Waals surface area contributed by atoms with Crippen LogP contribution in [0.1, 0.15) is 48.0 Å². The van der Waals surface area contributed by atoms with Crippen molar-refractivity contribution in [3.63, 3.8) is 0 Å². The highest BCUT2D eigenvalue weighted by Gasteiger charge is 2.27. The predicted molar refractivity (Wildman–Crippen MR) is 73.8 cm³/mol. The molecule has 3 heterocycles. The maximum absolute atomic E-state index is 5.12. The first kappa shape index (κ1) is 15.9. The third-order valence-electron chi connectivity index (χ3n) is 3.61. The number of hydrogen-bond donors (Lipinski definition) is 0. The lowest BCUT2D eigenvalue weighted by atomic mass is 9.92. The molecule has 108 valence electrons. The molecule has 18 heavy (non-hydrogen) atoms. The fraction of sp³-hybridized carbons (Fsp3) is 1.00. The summed E-state index contributed by atoms with van der Waals surface area (Å²) in [6.07, 6.45) is 1.76. The molecule has 3 nitrogen and oxygen atoms in total. The van der Waals surface area contributed by atoms with E-state index in [0.717, 1.165) is 32.3 Å². The van der Waals surface area contributed by atoms with Crippen LogP contribution in [-0.4, -0.2) is 38.1 Å². The van der Waals surface area contributed by atoms with Gasteiger partial charge in [-0.15, -0.1) is 0 Å². The molecule has 2 atom stereocenters. The normalized spacial score (nSPS) is 34.3. The maximum atomic E-state index is 5.12. The van der Waals surface area contributed by atoms with Crippen LogP contribution in [0.5, 0.6) is 0 Å². The van der Waals surface area contributed by atoms with Crippen LogP contribution in [-0.2, 0) is 14.2 Å². The van der Waals surface area contributed by atoms with Crippen LogP contribution in [0.25, 0.3) is 0 Å². The van der Waals surface area contributed by atoms with E-state index in [2.05, 4.69) is 41.5 Å². The van der Waals surface area contributed by atoms with Gasteiger partial charge in [0.25, 0.3) is 0 Å². The Morgan fingerprint density at radius 2 is 1.39 bits per heavy atom. The van der Waals surface area contributed by atoms with Gasteiger partial charge in [0.1, 0.15) is 0 Å². The molecule has 0 bridgehead atoms. The summed E-state index contributed by atoms with van der Waals surface area (Å²) in [5.74, 6) is 0.810. The monoisotopic (exact) mass is 258 g/mol. The summed E-state index contributed by atoms with van der Waals surface area (Å²) in [4.78, 5) is 0. The number of hydrogen-bond acceptors (Lipinski definition) is 3. The molecule has 3 heteroatoms. The Morgan fingerprint density at radius 3 is 1.39 bits per heavy atom. The van der Waals surface area contributed by atoms with Crippen molar-refractivity contribution in [1.82, 2.24) is 0 Å². The second-order valence-corrected chi connectivity index (χ2v) is 7.03. The molecule has 0 aromatic rings. The van der Waals surface area contributed by atoms with Crippen molar-refractivity contribution < 1.29 is 14.2 Å². The standard InChI is InChI=1S/3C5H10O/c1-5(2)3-6-4-5;1-5(2)3-4-6-5;1-4-3-6-5(4)2/h2*3-4H2,1-2H3;4-5H,3H2,1-2H3. The van der Waals surface area contributed by atoms with E-state index < -0.39 is 0 Å². The molecular formula is C15H30O3. The van der Waals surface area contributed by atoms with Gasteiger partial charge in [0, 0.05) is 11.3 Å². The van der Waals surface area contributed by atoms with Crippen LogP contribution in [0.4, 0.5) is 0 Å². The van der Waals surface area contributed by atoms with Crippen molar-refractivity contribution in [3.05, 3.63) is 0 Å². The van der Waals surface area contributed by atoms with E-state index in [1.165, 1.54) is 6.42 Å². The summed E-state index contributed by atoms with van der Waals surface area (Å²) in [5.41, 5.74) is 0.722. The highest BCUT2D eigenvalue weighted by Crippen LogP contribution is 2.24. The summed E-state index contributed by atoms with van der Waals surface area (Å²) < 4.78 is 15.1. The van der Waals surface area contributed by atoms with E-state index in [1.54, 1.807) is 0 Å². The molecule has 2 unspecified atom stereocenters. The molecule has 3 aliphatic rings. The molecule has 3 fully saturated rings. The molecule has 3 rings (SSSR count). The zero-order valence-corrected chi connectivity index (χ0v) is 12.9. The SMILES string of the molecule is CC1(C)CCO1.CC1(C)COC1.CC1COC1C. The fourth-order valence-electron chi connectivity index (χ4n) is 1.50. The molecule has 3 aliphatic heterocycles. The Balaban J connectivity index is 0.000000135. The van der Waals surface area contributed by atoms with Gasteiger partial charge < -0.3 is 14.2 Å². The third-order valence-corrected chi connectivity index (χ3v) is 3.61. The zero-order valence-electron chi connectivity index (χ0n) is 12.9. The Morgan fingerprint density at radius 1 is 1.00 bits per heavy atom. The Labute approximate surface area is 112 Å². The van der Waals surface area contributed by atoms with E-state index in [-0.39, 0.29) is 5.60 Å². The van der Waals surface area contributed by atoms with Crippen molar-refractivity contribution in [2.45, 2.75) is 59.7 Å². The van der Waals surface area contributed by atoms with E-state index >= 15 is 0 Å². The van der Waals surface area contributed by atoms with Gasteiger partial charge in [-0.3, -0.25) is 0 Å². The molecule has 0 saturated carbocycles. The molecular weight excluding hydrogens is 228 g/mol. The lowest BCUT2D eigenvalue weighted by Crippen LogP contribution is -2.36. The minimum absolute atomic E-state index is 0.222. The van der Waals surface area contributed by atoms with Gasteiger partial charge in [0.2, 0.25) is 0 Å². The van der Waals surface area contributed by atoms with Gasteiger partial charge >= 0.3 is 0 Å². The molecule has 0 aromatic heterocycles. The molecule has 0 radical (unpaired) electrons. The first-order valence-corrected chi connectivity index (χ1v) is 7.05. The van der Waals surface area contributed by atoms with Crippen molar-refractivity contribution in [1.29, 1.82) is 0 Å². The summed E-state index contributed by atoms with van der Waals surface area (Å²) in [6, 6.07) is 0. The van der Waals surface area contributed by atoms with Crippen LogP contribution in [0.15, 0.2) is 0 Å². The smallest absolute Gasteiger partial charge is 0.0648 e. The van der Waals surface area contributed by atoms with Crippen LogP contribution in [0.2, 0.25) is 0 Å². The fourth-order valence-corrected chi connectivity index (χ4v) is 1.50. The second kappa shape index (κ2) is 6.36. The van der Waals surface area contributed by atoms with Gasteiger partial charge in [-0.1, -0.05) is 20.8 Å². The van der Waals surface area contributed by atoms with Gasteiger partial charge in [-0.05, 0) is 27.2 Å². The average molecular weight is 258 g/mol. The van der Waals surface area contributed by atoms with Crippen LogP contribution in [0.3, 0.4) is 0 Å². The Hall–Kier alpha value is -0.120. The van der Waals surface area contributed by atoms with Gasteiger partial charge in [-0.25, -0.2) is 0 Å². The first-order chi connectivity index (χ1) is 8.22. The largest absolute Gasteiger partial charge is 0.380 e. The van der Waals surface area contributed by atoms with Crippen molar-refractivity contribution >= 4 is 0 Å². The minimum atomic E-state index is 0.222. The molecule has 3 saturated heterocycles. The summed E-state index contributed by atoms with van der Waals surface area (Å²) in [6.45, 7) is 16.8. The topological polar surface area (TPSA) is 27.7 Å². The number of rotatable bonds is 0. The maximum Gasteiger partial charge on any atom is 0.0648 e. The zero-order chi connectivity index (χ0) is 13.8. The Bertz CT molecular complexity index is 210. The van der Waals surface area contributed by atoms with Crippen molar-refractivity contribution in [2.75, 3.05) is 26.4 Å². The van der Waals surface area contributed by atoms with Gasteiger partial charge in [-0.2, -0.15) is 0 Å². The summed E-state index contributed by atoms with van der Waals surface area (Å²) >= 11 is 0. The lowest BCUT2D eigenvalue weighted by molar-refractivity contribution is -0.120. The van der Waals surface area contributed by atoms with E-state index in [9.17, 15) is 0 Å². The second-order valence-electron chi connectivity index (χ2n) is 7.03. The number of ether oxygens (including phenoxy) is 3. The molecule has 0 aliphatic carbocycles. The van der Waals surface area contributed by atoms with Crippen molar-refractivity contribution in [2.24, 2.45) is 11.3 Å². The van der Waals surface area contributed by atoms with E-state index in [1.807, 2.05) is 0 Å². The summed E-state index contributed by atoms with van der Waals surface area (Å²) in [7, 11) is 0. The van der Waals surface area contributed by atoms with Gasteiger partial charge in [0.05, 0.1) is 38.1 Å². The summed E-state index contributed by atoms with van der Waals surface area (Å²) in [5, 5.41) is 0. The van der Waals surface area contributed by atoms with Crippen molar-refractivity contribution in [3.8, 4) is 0 Å². The highest BCUT2D eigenvalue weighted by molar-refractivity contribution is 4.75. The third kappa shape index (κ3) is 5.68. The minimum Gasteiger partial charge on any atom is -0.380 e. The van der Waals surface area contributed by atoms with Crippen LogP contribution < -0.4 is 0 Å². The predicted octanol–water partition coefficient (Wildman–Crippen LogP) is 3.27. The highest BCUT2D eigenvalue weighted by atomic mass is 16.5. The van der Waals surface area contributed by atoms with Gasteiger partial charge in [0.15, 0.2) is 0 Å². The molecule has 0 amide bonds. The van der Waals surface area contributed by atoms with E-state index in [4.69, 9.17) is 14.2 Å². The van der Waals surface area contributed by atoms with E-state index in [0.29, 0.717) is 11.5 Å². The van der Waals surface area contributed by atoms with Crippen LogP contribution >= 0.6 is 0 Å². The lowest BCUT2D eigenvalue weighted by Gasteiger charge is -2.34. The Kier molecular flexibility index (Phi) is 5.63. The molecule has 0 N–H and O–H groups in total.